The maximum Gasteiger partial charge on any atom is 0.424 e. The van der Waals surface area contributed by atoms with Crippen molar-refractivity contribution in [1.82, 2.24) is 9.55 Å². The smallest absolute Gasteiger partial charge is 0.424 e. The highest BCUT2D eigenvalue weighted by atomic mass is 16.6. The molecule has 1 aliphatic carbocycles. The number of hydrogen-bond acceptors (Lipinski definition) is 5. The highest BCUT2D eigenvalue weighted by Crippen LogP contribution is 2.47. The van der Waals surface area contributed by atoms with Gasteiger partial charge in [-0.1, -0.05) is 61.8 Å². The second-order valence-corrected chi connectivity index (χ2v) is 13.6. The molecule has 49 heavy (non-hydrogen) atoms. The lowest BCUT2D eigenvalue weighted by Gasteiger charge is -2.32. The Bertz CT molecular complexity index is 2050. The second kappa shape index (κ2) is 14.2. The minimum absolute atomic E-state index is 0.115. The molecule has 3 heterocycles. The summed E-state index contributed by atoms with van der Waals surface area (Å²) >= 11 is 0. The fourth-order valence-corrected chi connectivity index (χ4v) is 7.25. The van der Waals surface area contributed by atoms with E-state index in [4.69, 9.17) is 14.5 Å². The molecule has 0 fully saturated rings. The molecule has 4 aromatic rings. The molecule has 2 atom stereocenters. The number of rotatable bonds is 10. The number of ether oxygens (including phenoxy) is 2. The third kappa shape index (κ3) is 6.93. The lowest BCUT2D eigenvalue weighted by atomic mass is 9.73. The molecule has 0 radical (unpaired) electrons. The molecular weight excluding hydrogens is 610 g/mol. The van der Waals surface area contributed by atoms with E-state index < -0.39 is 6.09 Å². The zero-order valence-corrected chi connectivity index (χ0v) is 29.5. The number of methoxy groups -OCH3 is 1. The molecule has 0 bridgehead atoms. The van der Waals surface area contributed by atoms with Gasteiger partial charge in [0.05, 0.1) is 24.0 Å². The molecular formula is C42H47N3O4. The number of aromatic nitrogens is 2. The number of allylic oxidation sites excluding steroid dienone is 4. The van der Waals surface area contributed by atoms with E-state index in [1.165, 1.54) is 5.57 Å². The topological polar surface area (TPSA) is 88.8 Å². The van der Waals surface area contributed by atoms with Gasteiger partial charge in [0.15, 0.2) is 0 Å². The number of fused-ring (bicyclic) bond motifs is 1. The number of hydrogen-bond donors (Lipinski definition) is 2. The van der Waals surface area contributed by atoms with E-state index in [9.17, 15) is 9.90 Å². The summed E-state index contributed by atoms with van der Waals surface area (Å²) in [4.78, 5) is 22.9. The van der Waals surface area contributed by atoms with Crippen LogP contribution in [0.5, 0.6) is 11.5 Å². The van der Waals surface area contributed by atoms with Gasteiger partial charge in [-0.05, 0) is 107 Å². The largest absolute Gasteiger partial charge is 0.507 e. The van der Waals surface area contributed by atoms with Crippen LogP contribution in [-0.4, -0.2) is 33.6 Å². The number of H-pyrrole nitrogens is 1. The van der Waals surface area contributed by atoms with Crippen molar-refractivity contribution in [2.45, 2.75) is 79.1 Å². The number of aromatic amines is 1. The Labute approximate surface area is 289 Å². The number of unbranched alkanes of at least 4 members (excludes halogenated alkanes) is 2. The standard InChI is InChI=1S/C42H47N3O4/c1-8-9-10-13-29-20-38(46)41(32-18-26(4)16-17-31(32)25(2)3)40(21-29)49-42(47)45-36-15-12-11-14-30(36)22-37(45)34-24-39(48-7)35(44-34)23-33-27(5)19-28(6)43-33/h11-12,14-15,18-24,31-32,43,46H,2,8-10,13,16-17H2,1,3-7H3/b35-23-. The molecule has 2 unspecified atom stereocenters. The third-order valence-electron chi connectivity index (χ3n) is 9.77. The van der Waals surface area contributed by atoms with Crippen molar-refractivity contribution in [2.75, 3.05) is 7.11 Å². The van der Waals surface area contributed by atoms with Crippen molar-refractivity contribution in [2.24, 2.45) is 10.9 Å². The van der Waals surface area contributed by atoms with Crippen LogP contribution in [-0.2, 0) is 11.2 Å². The lowest BCUT2D eigenvalue weighted by molar-refractivity contribution is 0.202. The third-order valence-corrected chi connectivity index (χ3v) is 9.77. The van der Waals surface area contributed by atoms with E-state index in [1.54, 1.807) is 11.7 Å². The molecule has 7 heteroatoms. The van der Waals surface area contributed by atoms with Crippen LogP contribution in [0, 0.1) is 19.8 Å². The number of nitrogens with zero attached hydrogens (tertiary/aromatic N) is 2. The quantitative estimate of drug-likeness (QED) is 0.131. The van der Waals surface area contributed by atoms with Crippen LogP contribution in [0.25, 0.3) is 17.0 Å². The van der Waals surface area contributed by atoms with Gasteiger partial charge in [0, 0.05) is 34.3 Å². The van der Waals surface area contributed by atoms with Crippen molar-refractivity contribution in [3.8, 4) is 11.5 Å². The summed E-state index contributed by atoms with van der Waals surface area (Å²) in [5.41, 5.74) is 9.50. The van der Waals surface area contributed by atoms with Gasteiger partial charge in [0.2, 0.25) is 0 Å². The molecule has 2 aromatic carbocycles. The number of aliphatic imine (C=N–C) groups is 1. The second-order valence-electron chi connectivity index (χ2n) is 13.6. The molecule has 1 aliphatic heterocycles. The van der Waals surface area contributed by atoms with E-state index in [1.807, 2.05) is 75.4 Å². The average molecular weight is 658 g/mol. The molecule has 0 saturated heterocycles. The summed E-state index contributed by atoms with van der Waals surface area (Å²) in [6, 6.07) is 15.6. The van der Waals surface area contributed by atoms with Gasteiger partial charge in [0.25, 0.3) is 0 Å². The van der Waals surface area contributed by atoms with Crippen molar-refractivity contribution in [3.63, 3.8) is 0 Å². The van der Waals surface area contributed by atoms with Gasteiger partial charge in [0.1, 0.15) is 23.0 Å². The number of phenolic OH excluding ortho intramolecular Hbond substituents is 1. The summed E-state index contributed by atoms with van der Waals surface area (Å²) in [5.74, 6) is 1.07. The number of para-hydroxylation sites is 1. The van der Waals surface area contributed by atoms with E-state index in [2.05, 4.69) is 37.6 Å². The maximum atomic E-state index is 14.5. The Morgan fingerprint density at radius 3 is 2.65 bits per heavy atom. The van der Waals surface area contributed by atoms with E-state index in [-0.39, 0.29) is 17.6 Å². The molecule has 254 valence electrons. The first kappa shape index (κ1) is 33.8. The fraction of sp³-hybridized carbons (Fsp3) is 0.333. The number of benzene rings is 2. The number of carbonyl (C=O) groups excluding carboxylic acids is 1. The number of nitrogens with one attached hydrogen (secondary N) is 1. The van der Waals surface area contributed by atoms with Gasteiger partial charge in [-0.2, -0.15) is 0 Å². The van der Waals surface area contributed by atoms with Crippen LogP contribution in [0.3, 0.4) is 0 Å². The van der Waals surface area contributed by atoms with Crippen LogP contribution in [0.1, 0.15) is 92.6 Å². The van der Waals surface area contributed by atoms with Crippen LogP contribution in [0.4, 0.5) is 4.79 Å². The van der Waals surface area contributed by atoms with Crippen LogP contribution in [0.2, 0.25) is 0 Å². The average Bonchev–Trinajstić information content (AvgIpc) is 3.74. The van der Waals surface area contributed by atoms with E-state index in [0.29, 0.717) is 39.7 Å². The van der Waals surface area contributed by atoms with Crippen LogP contribution >= 0.6 is 0 Å². The molecule has 2 N–H and O–H groups in total. The van der Waals surface area contributed by atoms with Gasteiger partial charge < -0.3 is 19.6 Å². The van der Waals surface area contributed by atoms with Gasteiger partial charge in [-0.3, -0.25) is 0 Å². The zero-order valence-electron chi connectivity index (χ0n) is 29.5. The number of carbonyl (C=O) groups is 1. The molecule has 6 rings (SSSR count). The minimum atomic E-state index is -0.575. The van der Waals surface area contributed by atoms with E-state index >= 15 is 0 Å². The highest BCUT2D eigenvalue weighted by molar-refractivity contribution is 6.15. The van der Waals surface area contributed by atoms with Crippen molar-refractivity contribution in [1.29, 1.82) is 0 Å². The molecule has 7 nitrogen and oxygen atoms in total. The Kier molecular flexibility index (Phi) is 9.81. The zero-order chi connectivity index (χ0) is 34.8. The SMILES string of the molecule is C=C(C)C1CCC(C)=CC1c1c(O)cc(CCCCC)cc1OC(=O)n1c(C2=N/C(=C\c3[nH]c(C)cc3C)C(OC)=C2)cc2ccccc21. The molecule has 0 spiro atoms. The first-order chi connectivity index (χ1) is 23.6. The first-order valence-corrected chi connectivity index (χ1v) is 17.3. The van der Waals surface area contributed by atoms with Crippen molar-refractivity contribution >= 4 is 28.8 Å². The molecule has 2 aromatic heterocycles. The Balaban J connectivity index is 1.46. The van der Waals surface area contributed by atoms with E-state index in [0.717, 1.165) is 72.0 Å². The molecule has 2 aliphatic rings. The maximum absolute atomic E-state index is 14.5. The minimum Gasteiger partial charge on any atom is -0.507 e. The Morgan fingerprint density at radius 2 is 1.94 bits per heavy atom. The fourth-order valence-electron chi connectivity index (χ4n) is 7.25. The predicted molar refractivity (Wildman–Crippen MR) is 199 cm³/mol. The Morgan fingerprint density at radius 1 is 1.14 bits per heavy atom. The number of aryl methyl sites for hydroxylation is 3. The number of aromatic hydroxyl groups is 1. The highest BCUT2D eigenvalue weighted by Gasteiger charge is 2.32. The molecule has 0 saturated carbocycles. The predicted octanol–water partition coefficient (Wildman–Crippen LogP) is 10.5. The summed E-state index contributed by atoms with van der Waals surface area (Å²) in [6.45, 7) is 14.7. The van der Waals surface area contributed by atoms with Crippen molar-refractivity contribution in [3.05, 3.63) is 124 Å². The normalized spacial score (nSPS) is 18.4. The summed E-state index contributed by atoms with van der Waals surface area (Å²) in [7, 11) is 1.62. The van der Waals surface area contributed by atoms with Crippen molar-refractivity contribution < 1.29 is 19.4 Å². The summed E-state index contributed by atoms with van der Waals surface area (Å²) in [5, 5.41) is 12.5. The molecule has 0 amide bonds. The van der Waals surface area contributed by atoms with Gasteiger partial charge >= 0.3 is 6.09 Å². The Hall–Kier alpha value is -5.04. The van der Waals surface area contributed by atoms with Gasteiger partial charge in [-0.25, -0.2) is 14.4 Å². The van der Waals surface area contributed by atoms with Crippen LogP contribution in [0.15, 0.2) is 94.9 Å². The van der Waals surface area contributed by atoms with Crippen LogP contribution < -0.4 is 4.74 Å². The summed E-state index contributed by atoms with van der Waals surface area (Å²) < 4.78 is 13.7. The summed E-state index contributed by atoms with van der Waals surface area (Å²) in [6.07, 6.45) is 11.3. The first-order valence-electron chi connectivity index (χ1n) is 17.3. The van der Waals surface area contributed by atoms with Gasteiger partial charge in [-0.15, -0.1) is 0 Å². The monoisotopic (exact) mass is 657 g/mol. The lowest BCUT2D eigenvalue weighted by Crippen LogP contribution is -2.23. The number of phenols is 1.